The minimum Gasteiger partial charge on any atom is -0.457 e. The Balaban J connectivity index is 0.000000202. The summed E-state index contributed by atoms with van der Waals surface area (Å²) in [7, 11) is -2.66. The lowest BCUT2D eigenvalue weighted by Gasteiger charge is -2.33. The van der Waals surface area contributed by atoms with Crippen LogP contribution in [0.25, 0.3) is 0 Å². The summed E-state index contributed by atoms with van der Waals surface area (Å²) in [5.41, 5.74) is 1.35. The van der Waals surface area contributed by atoms with E-state index >= 15 is 0 Å². The summed E-state index contributed by atoms with van der Waals surface area (Å²) < 4.78 is 37.2. The molecule has 2 aromatic rings. The van der Waals surface area contributed by atoms with Gasteiger partial charge in [0, 0.05) is 0 Å². The summed E-state index contributed by atoms with van der Waals surface area (Å²) in [5.74, 6) is -1.39. The lowest BCUT2D eigenvalue weighted by molar-refractivity contribution is -0.195. The highest BCUT2D eigenvalue weighted by Gasteiger charge is 2.38. The molecule has 0 radical (unpaired) electrons. The summed E-state index contributed by atoms with van der Waals surface area (Å²) in [5, 5.41) is 7.96. The van der Waals surface area contributed by atoms with E-state index < -0.39 is 33.0 Å². The second-order valence-electron chi connectivity index (χ2n) is 6.12. The van der Waals surface area contributed by atoms with Gasteiger partial charge in [0.15, 0.2) is 10.8 Å². The van der Waals surface area contributed by atoms with Crippen LogP contribution in [0.4, 0.5) is 0 Å². The fourth-order valence-electron chi connectivity index (χ4n) is 2.22. The normalized spacial score (nSPS) is 17.7. The van der Waals surface area contributed by atoms with Crippen LogP contribution in [0, 0.1) is 5.92 Å². The van der Waals surface area contributed by atoms with Crippen molar-refractivity contribution in [3.05, 3.63) is 60.7 Å². The van der Waals surface area contributed by atoms with Gasteiger partial charge in [-0.15, -0.1) is 0 Å². The Hall–Kier alpha value is -2.72. The molecule has 1 aliphatic heterocycles. The number of para-hydroxylation sites is 2. The monoisotopic (exact) mass is 407 g/mol. The second-order valence-corrected chi connectivity index (χ2v) is 7.00. The molecular formula is C19H21NO7S. The Morgan fingerprint density at radius 2 is 1.57 bits per heavy atom. The molecule has 2 N–H and O–H groups in total. The number of carbonyl (C=O) groups is 1. The van der Waals surface area contributed by atoms with Gasteiger partial charge >= 0.3 is 0 Å². The number of hydroxylamine groups is 1. The Kier molecular flexibility index (Phi) is 7.70. The average molecular weight is 407 g/mol. The molecule has 8 nitrogen and oxygen atoms in total. The maximum absolute atomic E-state index is 11.1. The molecule has 1 unspecified atom stereocenters. The predicted octanol–water partition coefficient (Wildman–Crippen LogP) is 2.38. The van der Waals surface area contributed by atoms with E-state index in [1.165, 1.54) is 19.3 Å². The fourth-order valence-corrected chi connectivity index (χ4v) is 2.89. The van der Waals surface area contributed by atoms with E-state index in [1.54, 1.807) is 0 Å². The molecular weight excluding hydrogens is 386 g/mol. The van der Waals surface area contributed by atoms with Gasteiger partial charge in [0.05, 0.1) is 6.61 Å². The molecule has 0 aromatic heterocycles. The number of nitrogens with one attached hydrogen (secondary N) is 1. The van der Waals surface area contributed by atoms with Gasteiger partial charge in [-0.3, -0.25) is 10.0 Å². The first kappa shape index (κ1) is 21.6. The molecule has 9 heteroatoms. The summed E-state index contributed by atoms with van der Waals surface area (Å²) >= 11 is 0. The lowest BCUT2D eigenvalue weighted by atomic mass is 10.1. The van der Waals surface area contributed by atoms with Crippen molar-refractivity contribution in [3.8, 4) is 11.5 Å². The van der Waals surface area contributed by atoms with Crippen LogP contribution in [0.5, 0.6) is 11.5 Å². The number of rotatable bonds is 3. The Morgan fingerprint density at radius 3 is 2.00 bits per heavy atom. The van der Waals surface area contributed by atoms with E-state index in [2.05, 4.69) is 0 Å². The number of benzene rings is 2. The summed E-state index contributed by atoms with van der Waals surface area (Å²) in [4.78, 5) is 11.1. The number of ether oxygens (including phenoxy) is 3. The summed E-state index contributed by atoms with van der Waals surface area (Å²) in [6.07, 6.45) is 0. The number of amides is 1. The topological polar surface area (TPSA) is 111 Å². The standard InChI is InChI=1S/C12H10O.C7H11NO6S/c1-3-7-11(8-4-1)13-12-9-5-2-6-10-12;1-7(2)13-3-4(5(9)8-10)6(14-7)15(11)12/h1-10H;4,10H,3H2,1-2H3,(H,8,9). The van der Waals surface area contributed by atoms with Crippen molar-refractivity contribution in [3.63, 3.8) is 0 Å². The van der Waals surface area contributed by atoms with Crippen molar-refractivity contribution in [2.24, 2.45) is 5.92 Å². The van der Waals surface area contributed by atoms with Gasteiger partial charge in [-0.1, -0.05) is 36.4 Å². The Morgan fingerprint density at radius 1 is 1.07 bits per heavy atom. The van der Waals surface area contributed by atoms with E-state index in [-0.39, 0.29) is 6.61 Å². The van der Waals surface area contributed by atoms with E-state index in [0.29, 0.717) is 0 Å². The zero-order chi connectivity index (χ0) is 20.6. The quantitative estimate of drug-likeness (QED) is 0.456. The third kappa shape index (κ3) is 6.46. The van der Waals surface area contributed by atoms with Crippen LogP contribution in [0.15, 0.2) is 60.7 Å². The van der Waals surface area contributed by atoms with Gasteiger partial charge in [-0.2, -0.15) is 8.42 Å². The lowest BCUT2D eigenvalue weighted by Crippen LogP contribution is -2.48. The SMILES string of the molecule is CC1(C)OCC(C(=O)NO)C(=S(=O)=O)O1.c1ccc(Oc2ccccc2)cc1. The molecule has 1 amide bonds. The maximum atomic E-state index is 11.1. The molecule has 0 bridgehead atoms. The highest BCUT2D eigenvalue weighted by atomic mass is 32.2. The van der Waals surface area contributed by atoms with Crippen molar-refractivity contribution >= 4 is 21.3 Å². The highest BCUT2D eigenvalue weighted by molar-refractivity contribution is 7.72. The first-order chi connectivity index (χ1) is 13.3. The van der Waals surface area contributed by atoms with Crippen LogP contribution in [-0.2, 0) is 24.6 Å². The van der Waals surface area contributed by atoms with E-state index in [0.717, 1.165) is 11.5 Å². The molecule has 3 rings (SSSR count). The largest absolute Gasteiger partial charge is 0.457 e. The van der Waals surface area contributed by atoms with Crippen molar-refractivity contribution in [1.29, 1.82) is 0 Å². The first-order valence-electron chi connectivity index (χ1n) is 8.33. The van der Waals surface area contributed by atoms with Gasteiger partial charge < -0.3 is 14.2 Å². The van der Waals surface area contributed by atoms with Crippen LogP contribution >= 0.6 is 0 Å². The average Bonchev–Trinajstić information content (AvgIpc) is 2.69. The molecule has 2 aromatic carbocycles. The van der Waals surface area contributed by atoms with Crippen LogP contribution in [0.3, 0.4) is 0 Å². The van der Waals surface area contributed by atoms with Gasteiger partial charge in [0.2, 0.25) is 10.3 Å². The van der Waals surface area contributed by atoms with E-state index in [4.69, 9.17) is 19.4 Å². The Bertz CT molecular complexity index is 866. The maximum Gasteiger partial charge on any atom is 0.256 e. The molecule has 1 fully saturated rings. The molecule has 0 aliphatic carbocycles. The molecule has 1 heterocycles. The predicted molar refractivity (Wildman–Crippen MR) is 101 cm³/mol. The highest BCUT2D eigenvalue weighted by Crippen LogP contribution is 2.22. The van der Waals surface area contributed by atoms with Gasteiger partial charge in [-0.05, 0) is 38.1 Å². The van der Waals surface area contributed by atoms with Crippen LogP contribution in [-0.4, -0.2) is 37.0 Å². The molecule has 28 heavy (non-hydrogen) atoms. The third-order valence-electron chi connectivity index (χ3n) is 3.54. The van der Waals surface area contributed by atoms with Crippen LogP contribution in [0.1, 0.15) is 13.8 Å². The van der Waals surface area contributed by atoms with Crippen molar-refractivity contribution in [1.82, 2.24) is 5.48 Å². The molecule has 1 saturated heterocycles. The number of hydrogen-bond acceptors (Lipinski definition) is 7. The minimum atomic E-state index is -2.66. The molecule has 150 valence electrons. The smallest absolute Gasteiger partial charge is 0.256 e. The third-order valence-corrected chi connectivity index (χ3v) is 4.24. The van der Waals surface area contributed by atoms with Crippen LogP contribution in [0.2, 0.25) is 0 Å². The van der Waals surface area contributed by atoms with Gasteiger partial charge in [-0.25, -0.2) is 5.48 Å². The fraction of sp³-hybridized carbons (Fsp3) is 0.263. The Labute approximate surface area is 164 Å². The van der Waals surface area contributed by atoms with Crippen LogP contribution < -0.4 is 10.2 Å². The van der Waals surface area contributed by atoms with Gasteiger partial charge in [0.25, 0.3) is 5.91 Å². The second kappa shape index (κ2) is 10.00. The van der Waals surface area contributed by atoms with Crippen molar-refractivity contribution in [2.45, 2.75) is 19.6 Å². The van der Waals surface area contributed by atoms with Crippen molar-refractivity contribution in [2.75, 3.05) is 6.61 Å². The molecule has 0 spiro atoms. The molecule has 0 saturated carbocycles. The number of carbonyl (C=O) groups excluding carboxylic acids is 1. The zero-order valence-electron chi connectivity index (χ0n) is 15.4. The zero-order valence-corrected chi connectivity index (χ0v) is 16.2. The first-order valence-corrected chi connectivity index (χ1v) is 9.41. The van der Waals surface area contributed by atoms with E-state index in [1.807, 2.05) is 60.7 Å². The molecule has 1 aliphatic rings. The minimum absolute atomic E-state index is 0.164. The summed E-state index contributed by atoms with van der Waals surface area (Å²) in [6.45, 7) is 2.88. The van der Waals surface area contributed by atoms with Gasteiger partial charge in [0.1, 0.15) is 17.4 Å². The number of hydrogen-bond donors (Lipinski definition) is 2. The van der Waals surface area contributed by atoms with Crippen molar-refractivity contribution < 1.29 is 32.6 Å². The van der Waals surface area contributed by atoms with E-state index in [9.17, 15) is 13.2 Å². The summed E-state index contributed by atoms with van der Waals surface area (Å²) in [6, 6.07) is 19.5. The molecule has 1 atom stereocenters.